The molecule has 6 nitrogen and oxygen atoms in total. The Bertz CT molecular complexity index is 856. The molecule has 0 aromatic heterocycles. The third-order valence-corrected chi connectivity index (χ3v) is 5.69. The SMILES string of the molecule is O=C(Nc1ccc(Cl)c(N2CCCS2(=O)=O)c1)Oc1ccccc1. The first-order valence-electron chi connectivity index (χ1n) is 7.29. The molecule has 1 aliphatic rings. The molecule has 0 aliphatic carbocycles. The van der Waals surface area contributed by atoms with E-state index in [4.69, 9.17) is 16.3 Å². The summed E-state index contributed by atoms with van der Waals surface area (Å²) in [5.74, 6) is 0.503. The van der Waals surface area contributed by atoms with E-state index in [1.807, 2.05) is 6.07 Å². The van der Waals surface area contributed by atoms with Crippen LogP contribution in [0.5, 0.6) is 5.75 Å². The first-order valence-corrected chi connectivity index (χ1v) is 9.28. The standard InChI is InChI=1S/C16H15ClN2O4S/c17-14-8-7-12(11-15(14)19-9-4-10-24(19,21)22)18-16(20)23-13-5-2-1-3-6-13/h1-3,5-8,11H,4,9-10H2,(H,18,20). The molecule has 3 rings (SSSR count). The molecule has 0 radical (unpaired) electrons. The lowest BCUT2D eigenvalue weighted by Gasteiger charge is -2.19. The van der Waals surface area contributed by atoms with Gasteiger partial charge in [0.1, 0.15) is 5.75 Å². The predicted molar refractivity (Wildman–Crippen MR) is 93.3 cm³/mol. The number of amides is 1. The predicted octanol–water partition coefficient (Wildman–Crippen LogP) is 3.49. The minimum Gasteiger partial charge on any atom is -0.410 e. The summed E-state index contributed by atoms with van der Waals surface area (Å²) < 4.78 is 30.5. The molecule has 126 valence electrons. The van der Waals surface area contributed by atoms with Gasteiger partial charge in [-0.1, -0.05) is 29.8 Å². The van der Waals surface area contributed by atoms with Gasteiger partial charge in [-0.3, -0.25) is 9.62 Å². The molecule has 1 saturated heterocycles. The third kappa shape index (κ3) is 3.63. The van der Waals surface area contributed by atoms with E-state index in [9.17, 15) is 13.2 Å². The molecule has 0 atom stereocenters. The molecule has 1 aliphatic heterocycles. The third-order valence-electron chi connectivity index (χ3n) is 3.51. The second-order valence-corrected chi connectivity index (χ2v) is 7.66. The molecule has 0 bridgehead atoms. The average molecular weight is 367 g/mol. The highest BCUT2D eigenvalue weighted by Gasteiger charge is 2.30. The van der Waals surface area contributed by atoms with Crippen LogP contribution < -0.4 is 14.4 Å². The van der Waals surface area contributed by atoms with Crippen molar-refractivity contribution in [2.75, 3.05) is 21.9 Å². The van der Waals surface area contributed by atoms with E-state index in [0.29, 0.717) is 35.1 Å². The molecule has 2 aromatic carbocycles. The van der Waals surface area contributed by atoms with Crippen LogP contribution in [0, 0.1) is 0 Å². The van der Waals surface area contributed by atoms with Gasteiger partial charge < -0.3 is 4.74 Å². The van der Waals surface area contributed by atoms with Crippen molar-refractivity contribution in [1.82, 2.24) is 0 Å². The number of nitrogens with one attached hydrogen (secondary N) is 1. The van der Waals surface area contributed by atoms with Gasteiger partial charge in [0.05, 0.1) is 16.5 Å². The first kappa shape index (κ1) is 16.6. The minimum atomic E-state index is -3.35. The van der Waals surface area contributed by atoms with E-state index in [2.05, 4.69) is 5.32 Å². The Kier molecular flexibility index (Phi) is 4.64. The molecule has 0 unspecified atom stereocenters. The number of halogens is 1. The Hall–Kier alpha value is -2.25. The van der Waals surface area contributed by atoms with Gasteiger partial charge in [0.25, 0.3) is 0 Å². The highest BCUT2D eigenvalue weighted by Crippen LogP contribution is 2.33. The lowest BCUT2D eigenvalue weighted by atomic mass is 10.2. The van der Waals surface area contributed by atoms with Crippen LogP contribution in [0.15, 0.2) is 48.5 Å². The molecule has 0 saturated carbocycles. The number of ether oxygens (including phenoxy) is 1. The summed E-state index contributed by atoms with van der Waals surface area (Å²) in [5.41, 5.74) is 0.754. The molecule has 1 heterocycles. The second-order valence-electron chi connectivity index (χ2n) is 5.24. The van der Waals surface area contributed by atoms with Crippen molar-refractivity contribution >= 4 is 39.1 Å². The van der Waals surface area contributed by atoms with Crippen molar-refractivity contribution in [3.63, 3.8) is 0 Å². The van der Waals surface area contributed by atoms with Crippen LogP contribution in [0.4, 0.5) is 16.2 Å². The van der Waals surface area contributed by atoms with Crippen molar-refractivity contribution in [3.05, 3.63) is 53.6 Å². The van der Waals surface area contributed by atoms with E-state index in [0.717, 1.165) is 0 Å². The van der Waals surface area contributed by atoms with Crippen molar-refractivity contribution < 1.29 is 17.9 Å². The fraction of sp³-hybridized carbons (Fsp3) is 0.188. The highest BCUT2D eigenvalue weighted by molar-refractivity contribution is 7.93. The Morgan fingerprint density at radius 3 is 2.58 bits per heavy atom. The van der Waals surface area contributed by atoms with Crippen LogP contribution >= 0.6 is 11.6 Å². The molecular weight excluding hydrogens is 352 g/mol. The van der Waals surface area contributed by atoms with Crippen molar-refractivity contribution in [3.8, 4) is 5.75 Å². The van der Waals surface area contributed by atoms with E-state index in [-0.39, 0.29) is 5.75 Å². The maximum Gasteiger partial charge on any atom is 0.417 e. The fourth-order valence-corrected chi connectivity index (χ4v) is 4.27. The van der Waals surface area contributed by atoms with Crippen molar-refractivity contribution in [2.24, 2.45) is 0 Å². The number of carbonyl (C=O) groups excluding carboxylic acids is 1. The molecule has 0 spiro atoms. The van der Waals surface area contributed by atoms with Gasteiger partial charge >= 0.3 is 6.09 Å². The highest BCUT2D eigenvalue weighted by atomic mass is 35.5. The minimum absolute atomic E-state index is 0.0943. The van der Waals surface area contributed by atoms with E-state index in [1.54, 1.807) is 36.4 Å². The van der Waals surface area contributed by atoms with Gasteiger partial charge in [0, 0.05) is 12.2 Å². The van der Waals surface area contributed by atoms with Crippen LogP contribution in [0.3, 0.4) is 0 Å². The normalized spacial score (nSPS) is 16.0. The molecule has 24 heavy (non-hydrogen) atoms. The van der Waals surface area contributed by atoms with Gasteiger partial charge in [0.2, 0.25) is 10.0 Å². The molecule has 1 amide bonds. The average Bonchev–Trinajstić information content (AvgIpc) is 2.89. The molecule has 2 aromatic rings. The molecule has 8 heteroatoms. The van der Waals surface area contributed by atoms with Crippen LogP contribution in [-0.2, 0) is 10.0 Å². The lowest BCUT2D eigenvalue weighted by Crippen LogP contribution is -2.25. The van der Waals surface area contributed by atoms with Crippen molar-refractivity contribution in [2.45, 2.75) is 6.42 Å². The maximum atomic E-state index is 12.0. The number of benzene rings is 2. The van der Waals surface area contributed by atoms with Gasteiger partial charge in [-0.2, -0.15) is 0 Å². The fourth-order valence-electron chi connectivity index (χ4n) is 2.43. The van der Waals surface area contributed by atoms with Gasteiger partial charge in [-0.15, -0.1) is 0 Å². The van der Waals surface area contributed by atoms with Crippen molar-refractivity contribution in [1.29, 1.82) is 0 Å². The zero-order chi connectivity index (χ0) is 17.2. The summed E-state index contributed by atoms with van der Waals surface area (Å²) in [7, 11) is -3.35. The number of rotatable bonds is 3. The summed E-state index contributed by atoms with van der Waals surface area (Å²) in [6.45, 7) is 0.375. The largest absolute Gasteiger partial charge is 0.417 e. The van der Waals surface area contributed by atoms with Gasteiger partial charge in [0.15, 0.2) is 0 Å². The topological polar surface area (TPSA) is 75.7 Å². The number of anilines is 2. The first-order chi connectivity index (χ1) is 11.5. The van der Waals surface area contributed by atoms with E-state index < -0.39 is 16.1 Å². The summed E-state index contributed by atoms with van der Waals surface area (Å²) in [6, 6.07) is 13.3. The molecule has 1 N–H and O–H groups in total. The van der Waals surface area contributed by atoms with Crippen LogP contribution in [0.25, 0.3) is 0 Å². The van der Waals surface area contributed by atoms with Crippen LogP contribution in [0.1, 0.15) is 6.42 Å². The number of para-hydroxylation sites is 1. The maximum absolute atomic E-state index is 12.0. The smallest absolute Gasteiger partial charge is 0.410 e. The van der Waals surface area contributed by atoms with Gasteiger partial charge in [-0.05, 0) is 36.8 Å². The zero-order valence-corrected chi connectivity index (χ0v) is 14.2. The second kappa shape index (κ2) is 6.70. The Labute approximate surface area is 145 Å². The monoisotopic (exact) mass is 366 g/mol. The Morgan fingerprint density at radius 1 is 1.17 bits per heavy atom. The number of hydrogen-bond donors (Lipinski definition) is 1. The summed E-state index contributed by atoms with van der Waals surface area (Å²) in [5, 5.41) is 2.88. The molecule has 1 fully saturated rings. The van der Waals surface area contributed by atoms with E-state index >= 15 is 0 Å². The van der Waals surface area contributed by atoms with Crippen LogP contribution in [0.2, 0.25) is 5.02 Å². The zero-order valence-electron chi connectivity index (χ0n) is 12.6. The van der Waals surface area contributed by atoms with Crippen LogP contribution in [-0.4, -0.2) is 26.8 Å². The number of carbonyl (C=O) groups is 1. The summed E-state index contributed by atoms with van der Waals surface area (Å²) >= 11 is 6.12. The molecular formula is C16H15ClN2O4S. The summed E-state index contributed by atoms with van der Waals surface area (Å²) in [4.78, 5) is 11.9. The number of sulfonamides is 1. The lowest BCUT2D eigenvalue weighted by molar-refractivity contribution is 0.215. The number of nitrogens with zero attached hydrogens (tertiary/aromatic N) is 1. The quantitative estimate of drug-likeness (QED) is 0.902. The van der Waals surface area contributed by atoms with Gasteiger partial charge in [-0.25, -0.2) is 13.2 Å². The summed E-state index contributed by atoms with van der Waals surface area (Å²) in [6.07, 6.45) is -0.120. The van der Waals surface area contributed by atoms with E-state index in [1.165, 1.54) is 10.4 Å². The Morgan fingerprint density at radius 2 is 1.92 bits per heavy atom. The number of hydrogen-bond acceptors (Lipinski definition) is 4. The Balaban J connectivity index is 1.78.